The van der Waals surface area contributed by atoms with Crippen LogP contribution in [0.2, 0.25) is 0 Å². The van der Waals surface area contributed by atoms with Crippen LogP contribution in [0, 0.1) is 11.7 Å². The minimum atomic E-state index is -0.737. The molecule has 1 aromatic carbocycles. The van der Waals surface area contributed by atoms with Crippen LogP contribution < -0.4 is 10.9 Å². The normalized spacial score (nSPS) is 20.4. The quantitative estimate of drug-likeness (QED) is 0.760. The van der Waals surface area contributed by atoms with Crippen molar-refractivity contribution in [2.45, 2.75) is 32.4 Å². The second-order valence-corrected chi connectivity index (χ2v) is 7.08. The Balaban J connectivity index is 1.81. The summed E-state index contributed by atoms with van der Waals surface area (Å²) in [5.41, 5.74) is -0.351. The molecule has 3 N–H and O–H groups in total. The van der Waals surface area contributed by atoms with Crippen LogP contribution >= 0.6 is 0 Å². The lowest BCUT2D eigenvalue weighted by Gasteiger charge is -2.35. The minimum Gasteiger partial charge on any atom is -0.501 e. The maximum atomic E-state index is 13.0. The van der Waals surface area contributed by atoms with Crippen molar-refractivity contribution in [3.05, 3.63) is 57.5 Å². The highest BCUT2D eigenvalue weighted by Crippen LogP contribution is 2.31. The number of rotatable bonds is 4. The van der Waals surface area contributed by atoms with Crippen molar-refractivity contribution in [3.63, 3.8) is 0 Å². The molecule has 1 aliphatic rings. The summed E-state index contributed by atoms with van der Waals surface area (Å²) in [6.07, 6.45) is 1.86. The summed E-state index contributed by atoms with van der Waals surface area (Å²) >= 11 is 0. The lowest BCUT2D eigenvalue weighted by molar-refractivity contribution is 0.0939. The second-order valence-electron chi connectivity index (χ2n) is 7.08. The number of H-pyrrole nitrogens is 1. The molecule has 0 spiro atoms. The molecule has 1 aromatic heterocycles. The van der Waals surface area contributed by atoms with E-state index in [2.05, 4.69) is 27.1 Å². The highest BCUT2D eigenvalue weighted by Gasteiger charge is 2.29. The van der Waals surface area contributed by atoms with Gasteiger partial charge in [0.15, 0.2) is 5.69 Å². The summed E-state index contributed by atoms with van der Waals surface area (Å²) in [6.45, 7) is 3.13. The summed E-state index contributed by atoms with van der Waals surface area (Å²) in [5, 5.41) is 12.6. The van der Waals surface area contributed by atoms with Crippen LogP contribution in [-0.4, -0.2) is 39.5 Å². The third-order valence-electron chi connectivity index (χ3n) is 4.94. The van der Waals surface area contributed by atoms with E-state index < -0.39 is 17.2 Å². The van der Waals surface area contributed by atoms with Gasteiger partial charge in [0.05, 0.1) is 6.04 Å². The number of halogens is 1. The molecule has 0 aliphatic carbocycles. The number of aromatic amines is 1. The second kappa shape index (κ2) is 7.87. The molecule has 0 bridgehead atoms. The molecule has 7 nitrogen and oxygen atoms in total. The molecule has 144 valence electrons. The molecule has 27 heavy (non-hydrogen) atoms. The Labute approximate surface area is 156 Å². The van der Waals surface area contributed by atoms with E-state index in [0.717, 1.165) is 19.4 Å². The maximum absolute atomic E-state index is 13.0. The van der Waals surface area contributed by atoms with Gasteiger partial charge in [-0.15, -0.1) is 0 Å². The van der Waals surface area contributed by atoms with E-state index in [9.17, 15) is 19.1 Å². The van der Waals surface area contributed by atoms with Crippen LogP contribution in [0.4, 0.5) is 4.39 Å². The van der Waals surface area contributed by atoms with Gasteiger partial charge in [-0.3, -0.25) is 14.5 Å². The molecule has 1 saturated heterocycles. The zero-order valence-electron chi connectivity index (χ0n) is 15.3. The first-order valence-electron chi connectivity index (χ1n) is 8.91. The van der Waals surface area contributed by atoms with Crippen molar-refractivity contribution in [1.29, 1.82) is 0 Å². The first kappa shape index (κ1) is 19.0. The van der Waals surface area contributed by atoms with Crippen molar-refractivity contribution in [3.8, 4) is 5.75 Å². The standard InChI is InChI=1S/C19H23FN4O3/c1-11-7-8-24(2)14(9-11)17-22-15(16(25)19(27)23-17)18(26)21-10-12-3-5-13(20)6-4-12/h3-6,11,14,25H,7-10H2,1-2H3,(H,21,26)(H,22,23,27). The van der Waals surface area contributed by atoms with E-state index in [1.54, 1.807) is 12.1 Å². The number of hydrogen-bond donors (Lipinski definition) is 3. The number of benzene rings is 1. The molecule has 0 radical (unpaired) electrons. The molecule has 1 fully saturated rings. The number of aromatic hydroxyl groups is 1. The molecule has 1 aliphatic heterocycles. The van der Waals surface area contributed by atoms with Gasteiger partial charge in [0, 0.05) is 6.54 Å². The predicted octanol–water partition coefficient (Wildman–Crippen LogP) is 1.95. The van der Waals surface area contributed by atoms with Crippen LogP contribution in [0.25, 0.3) is 0 Å². The number of nitrogens with one attached hydrogen (secondary N) is 2. The summed E-state index contributed by atoms with van der Waals surface area (Å²) in [4.78, 5) is 33.5. The monoisotopic (exact) mass is 374 g/mol. The fraction of sp³-hybridized carbons (Fsp3) is 0.421. The molecular weight excluding hydrogens is 351 g/mol. The number of amides is 1. The van der Waals surface area contributed by atoms with Crippen molar-refractivity contribution in [2.24, 2.45) is 5.92 Å². The Hall–Kier alpha value is -2.74. The summed E-state index contributed by atoms with van der Waals surface area (Å²) < 4.78 is 13.0. The molecule has 2 aromatic rings. The number of hydrogen-bond acceptors (Lipinski definition) is 5. The lowest BCUT2D eigenvalue weighted by Crippen LogP contribution is -2.36. The van der Waals surface area contributed by atoms with E-state index in [4.69, 9.17) is 0 Å². The van der Waals surface area contributed by atoms with Gasteiger partial charge >= 0.3 is 0 Å². The average molecular weight is 374 g/mol. The van der Waals surface area contributed by atoms with Gasteiger partial charge in [-0.05, 0) is 50.0 Å². The van der Waals surface area contributed by atoms with Crippen LogP contribution in [0.1, 0.15) is 47.7 Å². The fourth-order valence-corrected chi connectivity index (χ4v) is 3.25. The smallest absolute Gasteiger partial charge is 0.293 e. The Morgan fingerprint density at radius 3 is 2.81 bits per heavy atom. The predicted molar refractivity (Wildman–Crippen MR) is 97.9 cm³/mol. The molecule has 1 amide bonds. The van der Waals surface area contributed by atoms with E-state index in [1.807, 2.05) is 7.05 Å². The van der Waals surface area contributed by atoms with E-state index in [-0.39, 0.29) is 24.1 Å². The number of nitrogens with zero attached hydrogens (tertiary/aromatic N) is 2. The number of piperidine rings is 1. The van der Waals surface area contributed by atoms with Gasteiger partial charge in [-0.2, -0.15) is 0 Å². The van der Waals surface area contributed by atoms with Crippen molar-refractivity contribution >= 4 is 5.91 Å². The molecule has 0 saturated carbocycles. The van der Waals surface area contributed by atoms with Crippen LogP contribution in [0.5, 0.6) is 5.75 Å². The number of aromatic nitrogens is 2. The average Bonchev–Trinajstić information content (AvgIpc) is 2.65. The van der Waals surface area contributed by atoms with Crippen molar-refractivity contribution in [2.75, 3.05) is 13.6 Å². The Bertz CT molecular complexity index is 882. The maximum Gasteiger partial charge on any atom is 0.293 e. The van der Waals surface area contributed by atoms with Crippen LogP contribution in [0.3, 0.4) is 0 Å². The Morgan fingerprint density at radius 1 is 1.41 bits per heavy atom. The lowest BCUT2D eigenvalue weighted by atomic mass is 9.92. The van der Waals surface area contributed by atoms with Gasteiger partial charge in [0.25, 0.3) is 11.5 Å². The molecule has 8 heteroatoms. The van der Waals surface area contributed by atoms with Crippen LogP contribution in [0.15, 0.2) is 29.1 Å². The van der Waals surface area contributed by atoms with Gasteiger partial charge in [0.2, 0.25) is 5.75 Å². The molecule has 2 atom stereocenters. The fourth-order valence-electron chi connectivity index (χ4n) is 3.25. The first-order valence-corrected chi connectivity index (χ1v) is 8.91. The van der Waals surface area contributed by atoms with Gasteiger partial charge < -0.3 is 15.4 Å². The van der Waals surface area contributed by atoms with Crippen LogP contribution in [-0.2, 0) is 6.54 Å². The summed E-state index contributed by atoms with van der Waals surface area (Å²) in [7, 11) is 1.94. The van der Waals surface area contributed by atoms with Gasteiger partial charge in [0.1, 0.15) is 11.6 Å². The topological polar surface area (TPSA) is 98.3 Å². The molecule has 2 heterocycles. The largest absolute Gasteiger partial charge is 0.501 e. The summed E-state index contributed by atoms with van der Waals surface area (Å²) in [5.74, 6) is -0.883. The van der Waals surface area contributed by atoms with E-state index in [1.165, 1.54) is 12.1 Å². The number of carbonyl (C=O) groups is 1. The molecule has 2 unspecified atom stereocenters. The third kappa shape index (κ3) is 4.33. The molecular formula is C19H23FN4O3. The third-order valence-corrected chi connectivity index (χ3v) is 4.94. The van der Waals surface area contributed by atoms with Crippen molar-refractivity contribution < 1.29 is 14.3 Å². The molecule has 3 rings (SSSR count). The SMILES string of the molecule is CC1CCN(C)C(c2nc(C(=O)NCc3ccc(F)cc3)c(O)c(=O)[nH]2)C1. The van der Waals surface area contributed by atoms with E-state index in [0.29, 0.717) is 17.3 Å². The number of carbonyl (C=O) groups excluding carboxylic acids is 1. The zero-order chi connectivity index (χ0) is 19.6. The summed E-state index contributed by atoms with van der Waals surface area (Å²) in [6, 6.07) is 5.56. The Kier molecular flexibility index (Phi) is 5.55. The highest BCUT2D eigenvalue weighted by atomic mass is 19.1. The first-order chi connectivity index (χ1) is 12.8. The van der Waals surface area contributed by atoms with Gasteiger partial charge in [-0.1, -0.05) is 19.1 Å². The minimum absolute atomic E-state index is 0.120. The van der Waals surface area contributed by atoms with Gasteiger partial charge in [-0.25, -0.2) is 9.37 Å². The zero-order valence-corrected chi connectivity index (χ0v) is 15.3. The number of likely N-dealkylation sites (tertiary alicyclic amines) is 1. The Morgan fingerprint density at radius 2 is 2.11 bits per heavy atom. The van der Waals surface area contributed by atoms with E-state index >= 15 is 0 Å². The van der Waals surface area contributed by atoms with Crippen molar-refractivity contribution in [1.82, 2.24) is 20.2 Å². The highest BCUT2D eigenvalue weighted by molar-refractivity contribution is 5.94.